The molecule has 1 aromatic heterocycles. The Morgan fingerprint density at radius 3 is 2.67 bits per heavy atom. The van der Waals surface area contributed by atoms with Crippen molar-refractivity contribution >= 4 is 29.1 Å². The number of hydrogen-bond acceptors (Lipinski definition) is 2. The first-order valence-corrected chi connectivity index (χ1v) is 7.33. The van der Waals surface area contributed by atoms with E-state index in [0.29, 0.717) is 29.0 Å². The van der Waals surface area contributed by atoms with Gasteiger partial charge in [0.1, 0.15) is 16.6 Å². The SMILES string of the molecule is Cn1c(C(=O)N2CCc3ccc(O)cc3C2)cc(Cl)c1Cl. The standard InChI is InChI=1S/C15H14Cl2N2O2/c1-18-13(7-12(16)14(18)17)15(21)19-5-4-9-2-3-11(20)6-10(9)8-19/h2-3,6-7,20H,4-5,8H2,1H3. The molecule has 0 unspecified atom stereocenters. The van der Waals surface area contributed by atoms with Crippen molar-refractivity contribution in [3.63, 3.8) is 0 Å². The molecule has 6 heteroatoms. The van der Waals surface area contributed by atoms with Crippen molar-refractivity contribution in [2.24, 2.45) is 7.05 Å². The maximum atomic E-state index is 12.6. The van der Waals surface area contributed by atoms with Crippen molar-refractivity contribution in [1.82, 2.24) is 9.47 Å². The Balaban J connectivity index is 1.88. The number of carbonyl (C=O) groups excluding carboxylic acids is 1. The van der Waals surface area contributed by atoms with Gasteiger partial charge in [0.15, 0.2) is 0 Å². The number of fused-ring (bicyclic) bond motifs is 1. The van der Waals surface area contributed by atoms with E-state index in [0.717, 1.165) is 12.0 Å². The van der Waals surface area contributed by atoms with Crippen molar-refractivity contribution in [2.75, 3.05) is 6.54 Å². The van der Waals surface area contributed by atoms with Gasteiger partial charge in [-0.05, 0) is 35.7 Å². The van der Waals surface area contributed by atoms with E-state index in [1.165, 1.54) is 5.56 Å². The van der Waals surface area contributed by atoms with E-state index < -0.39 is 0 Å². The summed E-state index contributed by atoms with van der Waals surface area (Å²) in [6.07, 6.45) is 0.771. The molecule has 3 rings (SSSR count). The lowest BCUT2D eigenvalue weighted by molar-refractivity contribution is 0.0725. The number of rotatable bonds is 1. The monoisotopic (exact) mass is 324 g/mol. The van der Waals surface area contributed by atoms with E-state index in [1.807, 2.05) is 6.07 Å². The molecule has 1 aliphatic heterocycles. The summed E-state index contributed by atoms with van der Waals surface area (Å²) in [7, 11) is 1.71. The lowest BCUT2D eigenvalue weighted by atomic mass is 9.99. The largest absolute Gasteiger partial charge is 0.508 e. The zero-order chi connectivity index (χ0) is 15.1. The van der Waals surface area contributed by atoms with Crippen LogP contribution in [-0.2, 0) is 20.0 Å². The van der Waals surface area contributed by atoms with Crippen molar-refractivity contribution in [3.8, 4) is 5.75 Å². The molecule has 0 spiro atoms. The number of nitrogens with zero attached hydrogens (tertiary/aromatic N) is 2. The number of carbonyl (C=O) groups is 1. The van der Waals surface area contributed by atoms with Gasteiger partial charge in [-0.2, -0.15) is 0 Å². The third-order valence-electron chi connectivity index (χ3n) is 3.82. The van der Waals surface area contributed by atoms with Gasteiger partial charge < -0.3 is 14.6 Å². The van der Waals surface area contributed by atoms with E-state index >= 15 is 0 Å². The van der Waals surface area contributed by atoms with Gasteiger partial charge in [-0.3, -0.25) is 4.79 Å². The second kappa shape index (κ2) is 5.28. The predicted octanol–water partition coefficient (Wildman–Crippen LogP) is 3.24. The summed E-state index contributed by atoms with van der Waals surface area (Å²) in [6, 6.07) is 6.87. The molecule has 1 aromatic carbocycles. The van der Waals surface area contributed by atoms with Crippen molar-refractivity contribution in [1.29, 1.82) is 0 Å². The Kier molecular flexibility index (Phi) is 3.59. The lowest BCUT2D eigenvalue weighted by Gasteiger charge is -2.29. The maximum Gasteiger partial charge on any atom is 0.270 e. The highest BCUT2D eigenvalue weighted by molar-refractivity contribution is 6.41. The highest BCUT2D eigenvalue weighted by atomic mass is 35.5. The molecule has 0 atom stereocenters. The molecule has 21 heavy (non-hydrogen) atoms. The van der Waals surface area contributed by atoms with E-state index in [2.05, 4.69) is 0 Å². The third-order valence-corrected chi connectivity index (χ3v) is 4.67. The van der Waals surface area contributed by atoms with Gasteiger partial charge >= 0.3 is 0 Å². The van der Waals surface area contributed by atoms with Crippen LogP contribution >= 0.6 is 23.2 Å². The summed E-state index contributed by atoms with van der Waals surface area (Å²) in [5, 5.41) is 10.3. The highest BCUT2D eigenvalue weighted by Gasteiger charge is 2.25. The quantitative estimate of drug-likeness (QED) is 0.875. The average molecular weight is 325 g/mol. The zero-order valence-corrected chi connectivity index (χ0v) is 12.9. The molecule has 0 bridgehead atoms. The van der Waals surface area contributed by atoms with Gasteiger partial charge in [0, 0.05) is 20.1 Å². The van der Waals surface area contributed by atoms with Gasteiger partial charge in [-0.15, -0.1) is 0 Å². The minimum atomic E-state index is -0.111. The molecule has 0 aliphatic carbocycles. The summed E-state index contributed by atoms with van der Waals surface area (Å²) in [6.45, 7) is 1.11. The summed E-state index contributed by atoms with van der Waals surface area (Å²) in [4.78, 5) is 14.3. The Hall–Kier alpha value is -1.65. The van der Waals surface area contributed by atoms with Gasteiger partial charge in [0.25, 0.3) is 5.91 Å². The molecule has 0 saturated carbocycles. The normalized spacial score (nSPS) is 14.1. The molecule has 4 nitrogen and oxygen atoms in total. The summed E-state index contributed by atoms with van der Waals surface area (Å²) < 4.78 is 1.59. The number of phenols is 1. The minimum absolute atomic E-state index is 0.111. The zero-order valence-electron chi connectivity index (χ0n) is 11.4. The second-order valence-corrected chi connectivity index (χ2v) is 5.92. The summed E-state index contributed by atoms with van der Waals surface area (Å²) in [5.41, 5.74) is 2.61. The van der Waals surface area contributed by atoms with Crippen molar-refractivity contribution in [2.45, 2.75) is 13.0 Å². The molecular formula is C15H14Cl2N2O2. The Morgan fingerprint density at radius 2 is 2.00 bits per heavy atom. The lowest BCUT2D eigenvalue weighted by Crippen LogP contribution is -2.36. The first kappa shape index (κ1) is 14.3. The Morgan fingerprint density at radius 1 is 1.24 bits per heavy atom. The van der Waals surface area contributed by atoms with Crippen LogP contribution in [0, 0.1) is 0 Å². The fourth-order valence-corrected chi connectivity index (χ4v) is 3.00. The van der Waals surface area contributed by atoms with Crippen LogP contribution in [0.4, 0.5) is 0 Å². The maximum absolute atomic E-state index is 12.6. The number of amides is 1. The molecule has 2 aromatic rings. The summed E-state index contributed by atoms with van der Waals surface area (Å²) >= 11 is 12.0. The molecule has 0 fully saturated rings. The van der Waals surface area contributed by atoms with Crippen LogP contribution < -0.4 is 0 Å². The smallest absolute Gasteiger partial charge is 0.270 e. The van der Waals surface area contributed by atoms with E-state index in [9.17, 15) is 9.90 Å². The second-order valence-electron chi connectivity index (χ2n) is 5.16. The minimum Gasteiger partial charge on any atom is -0.508 e. The fourth-order valence-electron chi connectivity index (χ4n) is 2.63. The Labute approximate surface area is 132 Å². The van der Waals surface area contributed by atoms with Crippen LogP contribution in [0.25, 0.3) is 0 Å². The summed E-state index contributed by atoms with van der Waals surface area (Å²) in [5.74, 6) is 0.105. The number of aromatic hydroxyl groups is 1. The number of benzene rings is 1. The molecule has 0 radical (unpaired) electrons. The molecular weight excluding hydrogens is 311 g/mol. The molecule has 0 saturated heterocycles. The topological polar surface area (TPSA) is 45.5 Å². The molecule has 1 N–H and O–H groups in total. The molecule has 2 heterocycles. The van der Waals surface area contributed by atoms with E-state index in [1.54, 1.807) is 34.7 Å². The van der Waals surface area contributed by atoms with Crippen LogP contribution in [0.15, 0.2) is 24.3 Å². The van der Waals surface area contributed by atoms with Crippen molar-refractivity contribution < 1.29 is 9.90 Å². The number of hydrogen-bond donors (Lipinski definition) is 1. The number of phenolic OH excluding ortho intramolecular Hbond substituents is 1. The Bertz CT molecular complexity index is 725. The molecule has 1 aliphatic rings. The van der Waals surface area contributed by atoms with Crippen LogP contribution in [-0.4, -0.2) is 27.0 Å². The number of aromatic nitrogens is 1. The van der Waals surface area contributed by atoms with Gasteiger partial charge in [-0.1, -0.05) is 29.3 Å². The van der Waals surface area contributed by atoms with E-state index in [4.69, 9.17) is 23.2 Å². The van der Waals surface area contributed by atoms with E-state index in [-0.39, 0.29) is 11.7 Å². The van der Waals surface area contributed by atoms with Gasteiger partial charge in [0.2, 0.25) is 0 Å². The molecule has 1 amide bonds. The van der Waals surface area contributed by atoms with Gasteiger partial charge in [0.05, 0.1) is 5.02 Å². The first-order valence-electron chi connectivity index (χ1n) is 6.58. The third kappa shape index (κ3) is 2.49. The highest BCUT2D eigenvalue weighted by Crippen LogP contribution is 2.28. The van der Waals surface area contributed by atoms with Crippen LogP contribution in [0.3, 0.4) is 0 Å². The van der Waals surface area contributed by atoms with Crippen molar-refractivity contribution in [3.05, 3.63) is 51.3 Å². The van der Waals surface area contributed by atoms with Crippen LogP contribution in [0.2, 0.25) is 10.2 Å². The molecule has 110 valence electrons. The van der Waals surface area contributed by atoms with Crippen LogP contribution in [0.5, 0.6) is 5.75 Å². The average Bonchev–Trinajstić information content (AvgIpc) is 2.73. The van der Waals surface area contributed by atoms with Crippen LogP contribution in [0.1, 0.15) is 21.6 Å². The first-order chi connectivity index (χ1) is 9.97. The fraction of sp³-hybridized carbons (Fsp3) is 0.267. The number of halogens is 2. The predicted molar refractivity (Wildman–Crippen MR) is 82.0 cm³/mol. The van der Waals surface area contributed by atoms with Gasteiger partial charge in [-0.25, -0.2) is 0 Å².